The summed E-state index contributed by atoms with van der Waals surface area (Å²) in [5, 5.41) is 2.26. The summed E-state index contributed by atoms with van der Waals surface area (Å²) in [6, 6.07) is 16.8. The van der Waals surface area contributed by atoms with Crippen LogP contribution in [-0.4, -0.2) is 0 Å². The molecule has 6 aromatic heterocycles. The summed E-state index contributed by atoms with van der Waals surface area (Å²) in [5.41, 5.74) is 2.22. The number of halogens is 4. The van der Waals surface area contributed by atoms with Gasteiger partial charge in [0.15, 0.2) is 0 Å². The van der Waals surface area contributed by atoms with Crippen molar-refractivity contribution in [2.45, 2.75) is 91.9 Å². The molecule has 0 radical (unpaired) electrons. The normalized spacial score (nSPS) is 13.2. The molecule has 1 aromatic carbocycles. The minimum atomic E-state index is -0.0875. The molecule has 0 saturated heterocycles. The van der Waals surface area contributed by atoms with E-state index in [9.17, 15) is 0 Å². The van der Waals surface area contributed by atoms with Crippen LogP contribution in [0.15, 0.2) is 56.1 Å². The van der Waals surface area contributed by atoms with Crippen molar-refractivity contribution in [1.29, 1.82) is 0 Å². The lowest BCUT2D eigenvalue weighted by Gasteiger charge is -2.13. The molecule has 0 fully saturated rings. The van der Waals surface area contributed by atoms with Crippen molar-refractivity contribution >= 4 is 120 Å². The highest BCUT2D eigenvalue weighted by molar-refractivity contribution is 9.11. The van der Waals surface area contributed by atoms with Crippen LogP contribution in [0.4, 0.5) is 8.78 Å². The van der Waals surface area contributed by atoms with E-state index >= 15 is 8.78 Å². The predicted octanol–water partition coefficient (Wildman–Crippen LogP) is 18.4. The maximum absolute atomic E-state index is 16.0. The molecule has 10 heteroatoms. The van der Waals surface area contributed by atoms with E-state index in [1.165, 1.54) is 32.4 Å². The fourth-order valence-corrected chi connectivity index (χ4v) is 15.1. The summed E-state index contributed by atoms with van der Waals surface area (Å²) in [5.74, 6) is 0.790. The van der Waals surface area contributed by atoms with Gasteiger partial charge in [0, 0.05) is 70.3 Å². The van der Waals surface area contributed by atoms with Gasteiger partial charge in [-0.25, -0.2) is 8.78 Å². The smallest absolute Gasteiger partial charge is 0.137 e. The Hall–Kier alpha value is -1.24. The first-order valence-corrected chi connectivity index (χ1v) is 24.8. The van der Waals surface area contributed by atoms with Gasteiger partial charge in [0.25, 0.3) is 0 Å². The molecular formula is C42H42Br2F2S6. The van der Waals surface area contributed by atoms with Crippen LogP contribution in [0.25, 0.3) is 60.6 Å². The molecule has 0 aliphatic heterocycles. The average Bonchev–Trinajstić information content (AvgIpc) is 3.99. The van der Waals surface area contributed by atoms with Crippen LogP contribution in [0.5, 0.6) is 0 Å². The van der Waals surface area contributed by atoms with Gasteiger partial charge in [-0.2, -0.15) is 0 Å². The van der Waals surface area contributed by atoms with E-state index in [1.54, 1.807) is 80.2 Å². The molecule has 0 saturated carbocycles. The molecule has 7 rings (SSSR count). The summed E-state index contributed by atoms with van der Waals surface area (Å²) in [6.45, 7) is 8.92. The van der Waals surface area contributed by atoms with Crippen molar-refractivity contribution in [3.8, 4) is 40.4 Å². The van der Waals surface area contributed by atoms with Gasteiger partial charge < -0.3 is 0 Å². The molecule has 0 bridgehead atoms. The highest BCUT2D eigenvalue weighted by Crippen LogP contribution is 2.55. The predicted molar refractivity (Wildman–Crippen MR) is 240 cm³/mol. The largest absolute Gasteiger partial charge is 0.206 e. The van der Waals surface area contributed by atoms with Crippen molar-refractivity contribution in [1.82, 2.24) is 0 Å². The molecule has 0 nitrogen and oxygen atoms in total. The molecule has 0 spiro atoms. The SMILES string of the molecule is CCCCC(CC)Cc1sc(-c2c3cc(-c4ccc(Br)s4)sc3c(-c3cc(F)c(CC(CC)CCCC)s3)c3cc(-c4ccc(Br)s4)sc23)cc1F. The van der Waals surface area contributed by atoms with Gasteiger partial charge in [0.2, 0.25) is 0 Å². The van der Waals surface area contributed by atoms with E-state index in [4.69, 9.17) is 0 Å². The van der Waals surface area contributed by atoms with E-state index in [0.29, 0.717) is 11.8 Å². The molecule has 274 valence electrons. The maximum Gasteiger partial charge on any atom is 0.137 e. The Morgan fingerprint density at radius 2 is 0.942 bits per heavy atom. The third kappa shape index (κ3) is 8.16. The number of hydrogen-bond acceptors (Lipinski definition) is 6. The van der Waals surface area contributed by atoms with Crippen LogP contribution >= 0.6 is 99.9 Å². The van der Waals surface area contributed by atoms with Crippen LogP contribution in [-0.2, 0) is 12.8 Å². The fraction of sp³-hybridized carbons (Fsp3) is 0.381. The first-order chi connectivity index (χ1) is 25.2. The first kappa shape index (κ1) is 39.0. The number of rotatable bonds is 16. The second-order valence-corrected chi connectivity index (χ2v) is 23.0. The molecule has 6 heterocycles. The number of fused-ring (bicyclic) bond motifs is 2. The topological polar surface area (TPSA) is 0 Å². The second-order valence-electron chi connectivity index (χ2n) is 13.7. The zero-order valence-corrected chi connectivity index (χ0v) is 37.9. The molecule has 2 atom stereocenters. The van der Waals surface area contributed by atoms with E-state index in [-0.39, 0.29) is 11.6 Å². The molecule has 52 heavy (non-hydrogen) atoms. The Morgan fingerprint density at radius 1 is 0.519 bits per heavy atom. The lowest BCUT2D eigenvalue weighted by Crippen LogP contribution is -2.03. The van der Waals surface area contributed by atoms with Crippen LogP contribution < -0.4 is 0 Å². The zero-order chi connectivity index (χ0) is 36.5. The van der Waals surface area contributed by atoms with Crippen molar-refractivity contribution in [2.75, 3.05) is 0 Å². The average molecular weight is 937 g/mol. The van der Waals surface area contributed by atoms with Crippen molar-refractivity contribution < 1.29 is 8.78 Å². The van der Waals surface area contributed by atoms with Crippen molar-refractivity contribution in [3.05, 3.63) is 77.5 Å². The van der Waals surface area contributed by atoms with E-state index in [0.717, 1.165) is 110 Å². The zero-order valence-electron chi connectivity index (χ0n) is 29.8. The van der Waals surface area contributed by atoms with Gasteiger partial charge in [-0.3, -0.25) is 0 Å². The third-order valence-corrected chi connectivity index (χ3v) is 18.4. The van der Waals surface area contributed by atoms with Gasteiger partial charge in [-0.1, -0.05) is 79.1 Å². The van der Waals surface area contributed by atoms with Gasteiger partial charge in [-0.15, -0.1) is 68.0 Å². The van der Waals surface area contributed by atoms with Gasteiger partial charge in [0.05, 0.1) is 7.57 Å². The van der Waals surface area contributed by atoms with E-state index < -0.39 is 0 Å². The fourth-order valence-electron chi connectivity index (χ4n) is 7.14. The third-order valence-electron chi connectivity index (χ3n) is 10.1. The number of thiophene rings is 6. The quantitative estimate of drug-likeness (QED) is 0.0906. The summed E-state index contributed by atoms with van der Waals surface area (Å²) in [7, 11) is 0. The summed E-state index contributed by atoms with van der Waals surface area (Å²) in [4.78, 5) is 8.43. The molecule has 7 aromatic rings. The lowest BCUT2D eigenvalue weighted by atomic mass is 9.95. The molecule has 0 amide bonds. The minimum Gasteiger partial charge on any atom is -0.206 e. The number of unbranched alkanes of at least 4 members (excludes halogenated alkanes) is 2. The molecule has 2 unspecified atom stereocenters. The van der Waals surface area contributed by atoms with Gasteiger partial charge >= 0.3 is 0 Å². The van der Waals surface area contributed by atoms with Gasteiger partial charge in [-0.05, 0) is 105 Å². The lowest BCUT2D eigenvalue weighted by molar-refractivity contribution is 0.444. The van der Waals surface area contributed by atoms with Crippen LogP contribution in [0.3, 0.4) is 0 Å². The Kier molecular flexibility index (Phi) is 13.0. The van der Waals surface area contributed by atoms with Crippen LogP contribution in [0, 0.1) is 23.5 Å². The Labute approximate surface area is 347 Å². The van der Waals surface area contributed by atoms with Crippen LogP contribution in [0.2, 0.25) is 0 Å². The van der Waals surface area contributed by atoms with E-state index in [1.807, 2.05) is 0 Å². The minimum absolute atomic E-state index is 0.0875. The highest BCUT2D eigenvalue weighted by Gasteiger charge is 2.27. The summed E-state index contributed by atoms with van der Waals surface area (Å²) in [6.07, 6.45) is 10.6. The maximum atomic E-state index is 16.0. The monoisotopic (exact) mass is 934 g/mol. The van der Waals surface area contributed by atoms with Crippen LogP contribution in [0.1, 0.15) is 88.8 Å². The molecule has 0 aliphatic rings. The van der Waals surface area contributed by atoms with Crippen molar-refractivity contribution in [2.24, 2.45) is 11.8 Å². The first-order valence-electron chi connectivity index (χ1n) is 18.3. The van der Waals surface area contributed by atoms with Gasteiger partial charge in [0.1, 0.15) is 11.6 Å². The number of benzene rings is 1. The highest BCUT2D eigenvalue weighted by atomic mass is 79.9. The molecular weight excluding hydrogens is 895 g/mol. The Bertz CT molecular complexity index is 2080. The Morgan fingerprint density at radius 3 is 1.29 bits per heavy atom. The summed E-state index contributed by atoms with van der Waals surface area (Å²) >= 11 is 17.6. The molecule has 0 N–H and O–H groups in total. The standard InChI is InChI=1S/C42H42Br2F2S6/c1-5-9-11-23(7-3)17-31-27(45)21-35(47-31)39-25-19-33(29-13-15-37(43)49-29)52-42(25)40(26-20-34(51-41(26)39)30-14-16-38(44)50-30)36-22-28(46)32(48-36)18-24(8-4)12-10-6-2/h13-16,19-24H,5-12,17-18H2,1-4H3. The molecule has 0 aliphatic carbocycles. The van der Waals surface area contributed by atoms with Crippen molar-refractivity contribution in [3.63, 3.8) is 0 Å². The van der Waals surface area contributed by atoms with E-state index in [2.05, 4.69) is 96.0 Å². The summed E-state index contributed by atoms with van der Waals surface area (Å²) < 4.78 is 36.5. The Balaban J connectivity index is 1.47. The number of hydrogen-bond donors (Lipinski definition) is 0. The second kappa shape index (κ2) is 17.3.